The molecule has 0 atom stereocenters. The van der Waals surface area contributed by atoms with E-state index < -0.39 is 0 Å². The van der Waals surface area contributed by atoms with Crippen LogP contribution in [0.15, 0.2) is 59.3 Å². The third-order valence-electron chi connectivity index (χ3n) is 18.2. The Morgan fingerprint density at radius 1 is 0.225 bits per heavy atom. The molecular weight excluding hydrogens is 1300 g/mol. The summed E-state index contributed by atoms with van der Waals surface area (Å²) in [4.78, 5) is 21.6. The van der Waals surface area contributed by atoms with Gasteiger partial charge in [0, 0.05) is 68.3 Å². The first kappa shape index (κ1) is 74.5. The van der Waals surface area contributed by atoms with Crippen LogP contribution >= 0.6 is 108 Å². The van der Waals surface area contributed by atoms with Crippen molar-refractivity contribution in [2.45, 2.75) is 312 Å². The first-order chi connectivity index (χ1) is 43.3. The molecule has 0 saturated carbocycles. The minimum atomic E-state index is 0. The van der Waals surface area contributed by atoms with E-state index in [9.17, 15) is 0 Å². The Balaban J connectivity index is 0.0000113. The van der Waals surface area contributed by atoms with Crippen molar-refractivity contribution in [2.75, 3.05) is 0 Å². The summed E-state index contributed by atoms with van der Waals surface area (Å²) in [5.74, 6) is 0. The second-order valence-electron chi connectivity index (χ2n) is 25.9. The molecule has 0 amide bonds. The zero-order chi connectivity index (χ0) is 61.7. The molecule has 8 aromatic rings. The second kappa shape index (κ2) is 41.8. The van der Waals surface area contributed by atoms with Gasteiger partial charge in [0.15, 0.2) is 0 Å². The summed E-state index contributed by atoms with van der Waals surface area (Å²) < 4.78 is 0. The fraction of sp³-hybridized carbons (Fsp3) is 0.600. The standard InChI is InChI=1S/C80H114S8.BrH/c1-9-17-25-33-41-59-51-67(82-58-59)75-61(43-35-27-19-11-3)53-69(84-75)77-63(45-37-29-21-13-5)55-71(86-77)79-65(47-39-31-23-15-7)57-73(88-79)80-66(48-40-32-24-16-8)56-72(87-80)78-64(46-38-30-22-14-6)54-70(85-78)76-62(44-36-28-20-12-4)52-68(83-76)74-60(49-50-81-74)42-34-26-18-10-2;/h49-58H,9-48H2,1-8H3;1H. The van der Waals surface area contributed by atoms with Crippen LogP contribution in [-0.2, 0) is 51.4 Å². The Labute approximate surface area is 586 Å². The normalized spacial score (nSPS) is 11.7. The summed E-state index contributed by atoms with van der Waals surface area (Å²) in [6, 6.07) is 21.2. The van der Waals surface area contributed by atoms with Crippen molar-refractivity contribution in [2.24, 2.45) is 0 Å². The van der Waals surface area contributed by atoms with Gasteiger partial charge in [-0.05, 0) is 207 Å². The predicted octanol–water partition coefficient (Wildman–Crippen LogP) is 31.4. The number of thiophene rings is 8. The van der Waals surface area contributed by atoms with Crippen LogP contribution in [0.1, 0.15) is 305 Å². The zero-order valence-electron chi connectivity index (χ0n) is 56.7. The van der Waals surface area contributed by atoms with Crippen LogP contribution in [0.5, 0.6) is 0 Å². The van der Waals surface area contributed by atoms with Gasteiger partial charge in [-0.2, -0.15) is 0 Å². The van der Waals surface area contributed by atoms with E-state index in [0.717, 1.165) is 0 Å². The van der Waals surface area contributed by atoms with Crippen molar-refractivity contribution in [3.05, 3.63) is 104 Å². The second-order valence-corrected chi connectivity index (χ2v) is 34.0. The molecular formula is C80H115BrS8. The summed E-state index contributed by atoms with van der Waals surface area (Å²) in [7, 11) is 0. The van der Waals surface area contributed by atoms with E-state index in [4.69, 9.17) is 0 Å². The molecule has 490 valence electrons. The number of hydrogen-bond acceptors (Lipinski definition) is 8. The molecule has 89 heavy (non-hydrogen) atoms. The molecule has 8 heterocycles. The highest BCUT2D eigenvalue weighted by Crippen LogP contribution is 2.54. The molecule has 8 aromatic heterocycles. The van der Waals surface area contributed by atoms with Gasteiger partial charge in [-0.25, -0.2) is 0 Å². The van der Waals surface area contributed by atoms with Gasteiger partial charge in [-0.15, -0.1) is 108 Å². The van der Waals surface area contributed by atoms with Crippen molar-refractivity contribution in [1.29, 1.82) is 0 Å². The van der Waals surface area contributed by atoms with Crippen molar-refractivity contribution >= 4 is 108 Å². The third kappa shape index (κ3) is 22.3. The van der Waals surface area contributed by atoms with Gasteiger partial charge in [0.2, 0.25) is 0 Å². The van der Waals surface area contributed by atoms with Gasteiger partial charge in [0.25, 0.3) is 0 Å². The zero-order valence-corrected chi connectivity index (χ0v) is 65.0. The molecule has 0 radical (unpaired) electrons. The Morgan fingerprint density at radius 3 is 0.730 bits per heavy atom. The Morgan fingerprint density at radius 2 is 0.461 bits per heavy atom. The lowest BCUT2D eigenvalue weighted by Gasteiger charge is -2.02. The van der Waals surface area contributed by atoms with Crippen LogP contribution in [-0.4, -0.2) is 0 Å². The minimum absolute atomic E-state index is 0. The highest BCUT2D eigenvalue weighted by Gasteiger charge is 2.26. The molecule has 0 nitrogen and oxygen atoms in total. The number of hydrogen-bond donors (Lipinski definition) is 0. The summed E-state index contributed by atoms with van der Waals surface area (Å²) in [6.07, 6.45) is 51.3. The fourth-order valence-corrected chi connectivity index (χ4v) is 23.1. The van der Waals surface area contributed by atoms with E-state index in [0.29, 0.717) is 0 Å². The lowest BCUT2D eigenvalue weighted by atomic mass is 10.0. The SMILES string of the molecule is Br.CCCCCCc1csc(-c2sc(-c3sc(-c4sc(-c5sc(-c6sc(-c7sc(-c8sccc8CCCCCC)cc7CCCCCC)cc6CCCCCC)cc5CCCCCC)cc4CCCCCC)cc3CCCCCC)cc2CCCCCC)c1. The molecule has 0 fully saturated rings. The lowest BCUT2D eigenvalue weighted by Crippen LogP contribution is -1.87. The van der Waals surface area contributed by atoms with E-state index >= 15 is 0 Å². The summed E-state index contributed by atoms with van der Waals surface area (Å²) >= 11 is 16.9. The predicted molar refractivity (Wildman–Crippen MR) is 421 cm³/mol. The van der Waals surface area contributed by atoms with Gasteiger partial charge in [-0.3, -0.25) is 0 Å². The smallest absolute Gasteiger partial charge is 0.0481 e. The van der Waals surface area contributed by atoms with Crippen LogP contribution in [0.3, 0.4) is 0 Å². The highest BCUT2D eigenvalue weighted by molar-refractivity contribution is 8.93. The van der Waals surface area contributed by atoms with Crippen LogP contribution in [0.2, 0.25) is 0 Å². The summed E-state index contributed by atoms with van der Waals surface area (Å²) in [5, 5.41) is 4.86. The average Bonchev–Trinajstić information content (AvgIpc) is 1.76. The molecule has 9 heteroatoms. The van der Waals surface area contributed by atoms with Gasteiger partial charge in [0.05, 0.1) is 0 Å². The molecule has 0 spiro atoms. The average molecular weight is 1410 g/mol. The molecule has 0 N–H and O–H groups in total. The van der Waals surface area contributed by atoms with Gasteiger partial charge >= 0.3 is 0 Å². The number of unbranched alkanes of at least 4 members (excludes halogenated alkanes) is 24. The van der Waals surface area contributed by atoms with Crippen molar-refractivity contribution in [3.8, 4) is 68.3 Å². The fourth-order valence-electron chi connectivity index (χ4n) is 12.9. The van der Waals surface area contributed by atoms with Crippen LogP contribution in [0.25, 0.3) is 68.3 Å². The lowest BCUT2D eigenvalue weighted by molar-refractivity contribution is 0.667. The molecule has 0 unspecified atom stereocenters. The van der Waals surface area contributed by atoms with Gasteiger partial charge in [0.1, 0.15) is 0 Å². The number of rotatable bonds is 47. The Hall–Kier alpha value is -1.92. The molecule has 8 rings (SSSR count). The molecule has 0 aliphatic heterocycles. The molecule has 0 aromatic carbocycles. The quantitative estimate of drug-likeness (QED) is 0.0334. The van der Waals surface area contributed by atoms with Gasteiger partial charge in [-0.1, -0.05) is 209 Å². The van der Waals surface area contributed by atoms with Crippen molar-refractivity contribution in [3.63, 3.8) is 0 Å². The number of halogens is 1. The first-order valence-electron chi connectivity index (χ1n) is 36.3. The van der Waals surface area contributed by atoms with Gasteiger partial charge < -0.3 is 0 Å². The molecule has 0 aliphatic rings. The summed E-state index contributed by atoms with van der Waals surface area (Å²) in [5.41, 5.74) is 12.7. The molecule has 0 aliphatic carbocycles. The maximum Gasteiger partial charge on any atom is 0.0481 e. The van der Waals surface area contributed by atoms with Crippen molar-refractivity contribution < 1.29 is 0 Å². The first-order valence-corrected chi connectivity index (χ1v) is 42.9. The van der Waals surface area contributed by atoms with Crippen LogP contribution in [0, 0.1) is 0 Å². The maximum atomic E-state index is 2.72. The molecule has 0 saturated heterocycles. The Bertz CT molecular complexity index is 3180. The highest BCUT2D eigenvalue weighted by atomic mass is 79.9. The third-order valence-corrected chi connectivity index (χ3v) is 28.5. The van der Waals surface area contributed by atoms with E-state index in [-0.39, 0.29) is 17.0 Å². The van der Waals surface area contributed by atoms with Crippen LogP contribution in [0.4, 0.5) is 0 Å². The summed E-state index contributed by atoms with van der Waals surface area (Å²) in [6.45, 7) is 18.8. The maximum absolute atomic E-state index is 2.72. The monoisotopic (exact) mass is 1410 g/mol. The topological polar surface area (TPSA) is 0 Å². The largest absolute Gasteiger partial charge is 0.143 e. The number of aryl methyl sites for hydroxylation is 8. The van der Waals surface area contributed by atoms with E-state index in [2.05, 4.69) is 183 Å². The Kier molecular flexibility index (Phi) is 35.0. The minimum Gasteiger partial charge on any atom is -0.143 e. The van der Waals surface area contributed by atoms with E-state index in [1.165, 1.54) is 296 Å². The molecule has 0 bridgehead atoms. The van der Waals surface area contributed by atoms with E-state index in [1.807, 2.05) is 22.7 Å². The van der Waals surface area contributed by atoms with E-state index in [1.54, 1.807) is 73.8 Å². The van der Waals surface area contributed by atoms with Crippen molar-refractivity contribution in [1.82, 2.24) is 0 Å². The van der Waals surface area contributed by atoms with Crippen LogP contribution < -0.4 is 0 Å².